The standard InChI is InChI=1S/C4H3F6I/c5-3(6,7)1-2(11)4(8,9)10/h2H,1H2/t2-/m0/s1. The molecule has 0 heterocycles. The van der Waals surface area contributed by atoms with Gasteiger partial charge in [-0.3, -0.25) is 0 Å². The number of rotatable bonds is 1. The first-order chi connectivity index (χ1) is 4.63. The highest BCUT2D eigenvalue weighted by molar-refractivity contribution is 14.1. The van der Waals surface area contributed by atoms with E-state index in [1.165, 1.54) is 0 Å². The van der Waals surface area contributed by atoms with E-state index in [4.69, 9.17) is 0 Å². The van der Waals surface area contributed by atoms with Crippen molar-refractivity contribution >= 4 is 22.6 Å². The second kappa shape index (κ2) is 3.36. The van der Waals surface area contributed by atoms with Gasteiger partial charge in [-0.2, -0.15) is 26.3 Å². The van der Waals surface area contributed by atoms with E-state index in [2.05, 4.69) is 0 Å². The third-order valence-electron chi connectivity index (χ3n) is 0.766. The zero-order valence-corrected chi connectivity index (χ0v) is 7.09. The maximum Gasteiger partial charge on any atom is 0.400 e. The van der Waals surface area contributed by atoms with Gasteiger partial charge in [0.25, 0.3) is 0 Å². The molecule has 0 unspecified atom stereocenters. The highest BCUT2D eigenvalue weighted by Crippen LogP contribution is 2.35. The lowest BCUT2D eigenvalue weighted by atomic mass is 10.3. The van der Waals surface area contributed by atoms with E-state index < -0.39 is 22.7 Å². The summed E-state index contributed by atoms with van der Waals surface area (Å²) in [5.41, 5.74) is 0. The summed E-state index contributed by atoms with van der Waals surface area (Å²) in [6, 6.07) is 0. The van der Waals surface area contributed by atoms with Crippen molar-refractivity contribution < 1.29 is 26.3 Å². The number of hydrogen-bond acceptors (Lipinski definition) is 0. The maximum absolute atomic E-state index is 11.5. The third kappa shape index (κ3) is 5.57. The van der Waals surface area contributed by atoms with Crippen LogP contribution in [0.15, 0.2) is 0 Å². The minimum absolute atomic E-state index is 0.728. The van der Waals surface area contributed by atoms with Crippen LogP contribution in [0.25, 0.3) is 0 Å². The van der Waals surface area contributed by atoms with E-state index in [0.717, 1.165) is 22.6 Å². The van der Waals surface area contributed by atoms with Gasteiger partial charge < -0.3 is 0 Å². The zero-order chi connectivity index (χ0) is 9.28. The predicted molar refractivity (Wildman–Crippen MR) is 34.5 cm³/mol. The smallest absolute Gasteiger partial charge is 0.171 e. The first kappa shape index (κ1) is 11.3. The van der Waals surface area contributed by atoms with Gasteiger partial charge >= 0.3 is 12.4 Å². The molecule has 0 aliphatic rings. The quantitative estimate of drug-likeness (QED) is 0.395. The fraction of sp³-hybridized carbons (Fsp3) is 1.00. The normalized spacial score (nSPS) is 16.6. The van der Waals surface area contributed by atoms with Gasteiger partial charge in [-0.1, -0.05) is 22.6 Å². The van der Waals surface area contributed by atoms with Crippen molar-refractivity contribution in [2.24, 2.45) is 0 Å². The summed E-state index contributed by atoms with van der Waals surface area (Å²) in [4.78, 5) is 0. The van der Waals surface area contributed by atoms with Gasteiger partial charge in [0.15, 0.2) is 0 Å². The second-order valence-corrected chi connectivity index (χ2v) is 3.33. The number of alkyl halides is 7. The van der Waals surface area contributed by atoms with Crippen molar-refractivity contribution in [1.29, 1.82) is 0 Å². The van der Waals surface area contributed by atoms with Crippen molar-refractivity contribution in [2.45, 2.75) is 22.7 Å². The van der Waals surface area contributed by atoms with Gasteiger partial charge in [0.2, 0.25) is 0 Å². The summed E-state index contributed by atoms with van der Waals surface area (Å²) >= 11 is 0.728. The van der Waals surface area contributed by atoms with Crippen LogP contribution in [0, 0.1) is 0 Å². The number of halogens is 7. The van der Waals surface area contributed by atoms with E-state index in [-0.39, 0.29) is 0 Å². The Morgan fingerprint density at radius 1 is 1.00 bits per heavy atom. The molecule has 0 saturated heterocycles. The van der Waals surface area contributed by atoms with E-state index in [9.17, 15) is 26.3 Å². The molecular weight excluding hydrogens is 289 g/mol. The molecule has 0 aromatic carbocycles. The number of hydrogen-bond donors (Lipinski definition) is 0. The van der Waals surface area contributed by atoms with Crippen LogP contribution in [0.4, 0.5) is 26.3 Å². The molecule has 0 aliphatic carbocycles. The Kier molecular flexibility index (Phi) is 3.45. The second-order valence-electron chi connectivity index (χ2n) is 1.83. The fourth-order valence-electron chi connectivity index (χ4n) is 0.319. The first-order valence-electron chi connectivity index (χ1n) is 2.40. The molecule has 0 aromatic rings. The van der Waals surface area contributed by atoms with Crippen LogP contribution in [0.3, 0.4) is 0 Å². The lowest BCUT2D eigenvalue weighted by Gasteiger charge is -2.15. The Morgan fingerprint density at radius 2 is 1.36 bits per heavy atom. The largest absolute Gasteiger partial charge is 0.400 e. The lowest BCUT2D eigenvalue weighted by Crippen LogP contribution is -2.28. The van der Waals surface area contributed by atoms with Gasteiger partial charge in [-0.15, -0.1) is 0 Å². The summed E-state index contributed by atoms with van der Waals surface area (Å²) < 4.78 is 66.1. The van der Waals surface area contributed by atoms with Crippen molar-refractivity contribution in [3.8, 4) is 0 Å². The van der Waals surface area contributed by atoms with Crippen molar-refractivity contribution in [2.75, 3.05) is 0 Å². The Hall–Kier alpha value is 0.310. The van der Waals surface area contributed by atoms with Crippen molar-refractivity contribution in [3.63, 3.8) is 0 Å². The minimum atomic E-state index is -4.77. The summed E-state index contributed by atoms with van der Waals surface area (Å²) in [6.45, 7) is 0. The van der Waals surface area contributed by atoms with Gasteiger partial charge in [0.1, 0.15) is 3.92 Å². The van der Waals surface area contributed by atoms with Crippen molar-refractivity contribution in [3.05, 3.63) is 0 Å². The van der Waals surface area contributed by atoms with Crippen molar-refractivity contribution in [1.82, 2.24) is 0 Å². The predicted octanol–water partition coefficient (Wildman–Crippen LogP) is 3.30. The molecule has 11 heavy (non-hydrogen) atoms. The van der Waals surface area contributed by atoms with Gasteiger partial charge in [0, 0.05) is 0 Å². The van der Waals surface area contributed by atoms with E-state index in [1.54, 1.807) is 0 Å². The van der Waals surface area contributed by atoms with Crippen LogP contribution in [-0.4, -0.2) is 16.3 Å². The average molecular weight is 292 g/mol. The molecule has 0 rings (SSSR count). The summed E-state index contributed by atoms with van der Waals surface area (Å²) in [5.74, 6) is 0. The molecule has 0 N–H and O–H groups in total. The monoisotopic (exact) mass is 292 g/mol. The third-order valence-corrected chi connectivity index (χ3v) is 1.91. The first-order valence-corrected chi connectivity index (χ1v) is 3.65. The Bertz CT molecular complexity index is 124. The molecule has 1 atom stereocenters. The molecule has 0 saturated carbocycles. The SMILES string of the molecule is FC(F)(F)C[C@H](I)C(F)(F)F. The topological polar surface area (TPSA) is 0 Å². The molecule has 0 radical (unpaired) electrons. The van der Waals surface area contributed by atoms with E-state index >= 15 is 0 Å². The van der Waals surface area contributed by atoms with Gasteiger partial charge in [-0.05, 0) is 0 Å². The van der Waals surface area contributed by atoms with Crippen LogP contribution in [-0.2, 0) is 0 Å². The Morgan fingerprint density at radius 3 is 1.45 bits per heavy atom. The zero-order valence-electron chi connectivity index (χ0n) is 4.93. The van der Waals surface area contributed by atoms with E-state index in [0.29, 0.717) is 0 Å². The summed E-state index contributed by atoms with van der Waals surface area (Å²) in [5, 5.41) is 0. The highest BCUT2D eigenvalue weighted by atomic mass is 127. The fourth-order valence-corrected chi connectivity index (χ4v) is 0.818. The molecule has 68 valence electrons. The molecule has 0 bridgehead atoms. The van der Waals surface area contributed by atoms with Crippen LogP contribution in [0.5, 0.6) is 0 Å². The van der Waals surface area contributed by atoms with Crippen LogP contribution in [0.2, 0.25) is 0 Å². The molecule has 0 fully saturated rings. The molecular formula is C4H3F6I. The average Bonchev–Trinajstić information content (AvgIpc) is 1.56. The van der Waals surface area contributed by atoms with E-state index in [1.807, 2.05) is 0 Å². The molecule has 7 heteroatoms. The van der Waals surface area contributed by atoms with Crippen LogP contribution < -0.4 is 0 Å². The van der Waals surface area contributed by atoms with Crippen LogP contribution in [0.1, 0.15) is 6.42 Å². The highest BCUT2D eigenvalue weighted by Gasteiger charge is 2.44. The molecule has 0 nitrogen and oxygen atoms in total. The molecule has 0 aromatic heterocycles. The molecule has 0 aliphatic heterocycles. The Balaban J connectivity index is 3.99. The minimum Gasteiger partial charge on any atom is -0.171 e. The van der Waals surface area contributed by atoms with Gasteiger partial charge in [-0.25, -0.2) is 0 Å². The molecule has 0 amide bonds. The maximum atomic E-state index is 11.5. The summed E-state index contributed by atoms with van der Waals surface area (Å²) in [6.07, 6.45) is -11.3. The van der Waals surface area contributed by atoms with Gasteiger partial charge in [0.05, 0.1) is 6.42 Å². The van der Waals surface area contributed by atoms with Crippen LogP contribution >= 0.6 is 22.6 Å². The summed E-state index contributed by atoms with van der Waals surface area (Å²) in [7, 11) is 0. The molecule has 0 spiro atoms. The Labute approximate surface area is 72.1 Å². The lowest BCUT2D eigenvalue weighted by molar-refractivity contribution is -0.175.